The summed E-state index contributed by atoms with van der Waals surface area (Å²) < 4.78 is 5.72. The number of nitrogens with one attached hydrogen (secondary N) is 1. The van der Waals surface area contributed by atoms with Crippen LogP contribution in [0.5, 0.6) is 0 Å². The van der Waals surface area contributed by atoms with Crippen LogP contribution in [0.1, 0.15) is 27.2 Å². The van der Waals surface area contributed by atoms with Gasteiger partial charge in [0.25, 0.3) is 0 Å². The lowest BCUT2D eigenvalue weighted by atomic mass is 10.0. The van der Waals surface area contributed by atoms with E-state index in [1.807, 2.05) is 0 Å². The van der Waals surface area contributed by atoms with Crippen LogP contribution in [0.4, 0.5) is 0 Å². The van der Waals surface area contributed by atoms with Gasteiger partial charge in [0.05, 0.1) is 12.7 Å². The molecule has 0 spiro atoms. The van der Waals surface area contributed by atoms with Gasteiger partial charge >= 0.3 is 0 Å². The van der Waals surface area contributed by atoms with Crippen LogP contribution in [-0.2, 0) is 4.74 Å². The van der Waals surface area contributed by atoms with Gasteiger partial charge in [-0.3, -0.25) is 0 Å². The maximum Gasteiger partial charge on any atom is 0.0826 e. The molecule has 0 aromatic carbocycles. The van der Waals surface area contributed by atoms with E-state index in [1.165, 1.54) is 6.42 Å². The molecule has 0 aromatic rings. The van der Waals surface area contributed by atoms with Crippen molar-refractivity contribution in [1.82, 2.24) is 10.2 Å². The summed E-state index contributed by atoms with van der Waals surface area (Å²) >= 11 is 0. The first-order valence-electron chi connectivity index (χ1n) is 6.17. The van der Waals surface area contributed by atoms with Crippen molar-refractivity contribution in [1.29, 1.82) is 0 Å². The molecule has 1 aliphatic rings. The zero-order valence-corrected chi connectivity index (χ0v) is 10.6. The summed E-state index contributed by atoms with van der Waals surface area (Å²) in [6, 6.07) is 0.626. The second kappa shape index (κ2) is 6.46. The van der Waals surface area contributed by atoms with Crippen molar-refractivity contribution >= 4 is 0 Å². The smallest absolute Gasteiger partial charge is 0.0826 e. The van der Waals surface area contributed by atoms with Crippen molar-refractivity contribution in [2.75, 3.05) is 33.3 Å². The number of likely N-dealkylation sites (N-methyl/N-ethyl adjacent to an activating group) is 1. The number of rotatable bonds is 5. The van der Waals surface area contributed by atoms with Gasteiger partial charge in [0.1, 0.15) is 0 Å². The Labute approximate surface area is 94.2 Å². The Morgan fingerprint density at radius 2 is 2.20 bits per heavy atom. The van der Waals surface area contributed by atoms with E-state index in [2.05, 4.69) is 38.0 Å². The van der Waals surface area contributed by atoms with Crippen molar-refractivity contribution < 1.29 is 4.74 Å². The molecule has 1 N–H and O–H groups in total. The minimum Gasteiger partial charge on any atom is -0.374 e. The standard InChI is InChI=1S/C12H26N2O/c1-5-12(10(2)3)13-8-11-9-14(4)6-7-15-11/h10-13H,5-9H2,1-4H3/t11-,12-/m0/s1. The molecule has 0 aromatic heterocycles. The Morgan fingerprint density at radius 1 is 1.47 bits per heavy atom. The third-order valence-corrected chi connectivity index (χ3v) is 3.19. The van der Waals surface area contributed by atoms with Gasteiger partial charge in [0.15, 0.2) is 0 Å². The topological polar surface area (TPSA) is 24.5 Å². The van der Waals surface area contributed by atoms with Crippen LogP contribution in [0.25, 0.3) is 0 Å². The van der Waals surface area contributed by atoms with Gasteiger partial charge in [-0.25, -0.2) is 0 Å². The van der Waals surface area contributed by atoms with Gasteiger partial charge in [-0.15, -0.1) is 0 Å². The van der Waals surface area contributed by atoms with Crippen molar-refractivity contribution in [2.45, 2.75) is 39.3 Å². The maximum absolute atomic E-state index is 5.72. The zero-order chi connectivity index (χ0) is 11.3. The van der Waals surface area contributed by atoms with Crippen LogP contribution in [0.2, 0.25) is 0 Å². The SMILES string of the molecule is CC[C@H](NC[C@H]1CN(C)CCO1)C(C)C. The second-order valence-electron chi connectivity index (χ2n) is 4.92. The van der Waals surface area contributed by atoms with Crippen LogP contribution < -0.4 is 5.32 Å². The maximum atomic E-state index is 5.72. The average molecular weight is 214 g/mol. The highest BCUT2D eigenvalue weighted by molar-refractivity contribution is 4.75. The van der Waals surface area contributed by atoms with Crippen molar-refractivity contribution in [3.8, 4) is 0 Å². The van der Waals surface area contributed by atoms with E-state index in [4.69, 9.17) is 4.74 Å². The van der Waals surface area contributed by atoms with E-state index < -0.39 is 0 Å². The summed E-state index contributed by atoms with van der Waals surface area (Å²) in [5.74, 6) is 0.705. The van der Waals surface area contributed by atoms with Crippen LogP contribution in [0, 0.1) is 5.92 Å². The molecule has 0 unspecified atom stereocenters. The summed E-state index contributed by atoms with van der Waals surface area (Å²) in [5.41, 5.74) is 0. The number of hydrogen-bond donors (Lipinski definition) is 1. The fourth-order valence-electron chi connectivity index (χ4n) is 2.12. The fourth-order valence-corrected chi connectivity index (χ4v) is 2.12. The first-order chi connectivity index (χ1) is 7.13. The van der Waals surface area contributed by atoms with Crippen molar-refractivity contribution in [3.63, 3.8) is 0 Å². The molecule has 0 aliphatic carbocycles. The molecular formula is C12H26N2O. The van der Waals surface area contributed by atoms with E-state index >= 15 is 0 Å². The molecule has 1 aliphatic heterocycles. The Kier molecular flexibility index (Phi) is 5.58. The summed E-state index contributed by atoms with van der Waals surface area (Å²) in [6.07, 6.45) is 1.57. The molecule has 1 saturated heterocycles. The van der Waals surface area contributed by atoms with Gasteiger partial charge in [-0.1, -0.05) is 20.8 Å². The van der Waals surface area contributed by atoms with E-state index in [0.717, 1.165) is 26.2 Å². The molecule has 0 amide bonds. The molecule has 1 heterocycles. The molecule has 90 valence electrons. The van der Waals surface area contributed by atoms with Crippen LogP contribution in [0.3, 0.4) is 0 Å². The highest BCUT2D eigenvalue weighted by Crippen LogP contribution is 2.07. The van der Waals surface area contributed by atoms with E-state index in [9.17, 15) is 0 Å². The van der Waals surface area contributed by atoms with Crippen LogP contribution in [-0.4, -0.2) is 50.3 Å². The van der Waals surface area contributed by atoms with E-state index in [0.29, 0.717) is 18.1 Å². The lowest BCUT2D eigenvalue weighted by Crippen LogP contribution is -2.47. The minimum absolute atomic E-state index is 0.372. The number of morpholine rings is 1. The highest BCUT2D eigenvalue weighted by Gasteiger charge is 2.19. The predicted molar refractivity (Wildman–Crippen MR) is 64.2 cm³/mol. The van der Waals surface area contributed by atoms with E-state index in [1.54, 1.807) is 0 Å². The highest BCUT2D eigenvalue weighted by atomic mass is 16.5. The van der Waals surface area contributed by atoms with Gasteiger partial charge < -0.3 is 15.0 Å². The van der Waals surface area contributed by atoms with Gasteiger partial charge in [0, 0.05) is 25.7 Å². The Balaban J connectivity index is 2.23. The van der Waals surface area contributed by atoms with E-state index in [-0.39, 0.29) is 0 Å². The summed E-state index contributed by atoms with van der Waals surface area (Å²) in [7, 11) is 2.16. The zero-order valence-electron chi connectivity index (χ0n) is 10.6. The molecule has 3 nitrogen and oxygen atoms in total. The molecule has 3 heteroatoms. The molecule has 0 bridgehead atoms. The van der Waals surface area contributed by atoms with Crippen LogP contribution >= 0.6 is 0 Å². The Bertz CT molecular complexity index is 173. The molecule has 0 saturated carbocycles. The minimum atomic E-state index is 0.372. The molecule has 0 radical (unpaired) electrons. The fraction of sp³-hybridized carbons (Fsp3) is 1.00. The third kappa shape index (κ3) is 4.49. The monoisotopic (exact) mass is 214 g/mol. The second-order valence-corrected chi connectivity index (χ2v) is 4.92. The van der Waals surface area contributed by atoms with Crippen LogP contribution in [0.15, 0.2) is 0 Å². The number of ether oxygens (including phenoxy) is 1. The lowest BCUT2D eigenvalue weighted by molar-refractivity contribution is -0.0199. The number of hydrogen-bond acceptors (Lipinski definition) is 3. The molecule has 2 atom stereocenters. The summed E-state index contributed by atoms with van der Waals surface area (Å²) in [4.78, 5) is 2.34. The first-order valence-corrected chi connectivity index (χ1v) is 6.17. The molecule has 1 fully saturated rings. The van der Waals surface area contributed by atoms with Gasteiger partial charge in [-0.05, 0) is 19.4 Å². The summed E-state index contributed by atoms with van der Waals surface area (Å²) in [5, 5.41) is 3.61. The first kappa shape index (κ1) is 12.9. The van der Waals surface area contributed by atoms with Crippen molar-refractivity contribution in [3.05, 3.63) is 0 Å². The quantitative estimate of drug-likeness (QED) is 0.747. The van der Waals surface area contributed by atoms with Gasteiger partial charge in [0.2, 0.25) is 0 Å². The predicted octanol–water partition coefficient (Wildman–Crippen LogP) is 1.34. The van der Waals surface area contributed by atoms with Gasteiger partial charge in [-0.2, -0.15) is 0 Å². The lowest BCUT2D eigenvalue weighted by Gasteiger charge is -2.32. The number of nitrogens with zero attached hydrogens (tertiary/aromatic N) is 1. The normalized spacial score (nSPS) is 25.8. The Morgan fingerprint density at radius 3 is 2.73 bits per heavy atom. The molecule has 1 rings (SSSR count). The molecule has 15 heavy (non-hydrogen) atoms. The van der Waals surface area contributed by atoms with Crippen molar-refractivity contribution in [2.24, 2.45) is 5.92 Å². The Hall–Kier alpha value is -0.120. The largest absolute Gasteiger partial charge is 0.374 e. The average Bonchev–Trinajstić information content (AvgIpc) is 2.18. The molecular weight excluding hydrogens is 188 g/mol. The summed E-state index contributed by atoms with van der Waals surface area (Å²) in [6.45, 7) is 10.8. The third-order valence-electron chi connectivity index (χ3n) is 3.19.